The average molecular weight is 375 g/mol. The molecule has 0 aliphatic carbocycles. The van der Waals surface area contributed by atoms with Crippen LogP contribution in [-0.2, 0) is 17.9 Å². The Hall–Kier alpha value is -2.48. The Balaban J connectivity index is 1.52. The van der Waals surface area contributed by atoms with Gasteiger partial charge in [-0.05, 0) is 29.0 Å². The highest BCUT2D eigenvalue weighted by Crippen LogP contribution is 2.20. The second-order valence-corrected chi connectivity index (χ2v) is 6.07. The maximum Gasteiger partial charge on any atom is 0.205 e. The van der Waals surface area contributed by atoms with E-state index in [1.54, 1.807) is 13.2 Å². The molecule has 0 amide bonds. The van der Waals surface area contributed by atoms with Crippen LogP contribution in [0.25, 0.3) is 11.4 Å². The third-order valence-electron chi connectivity index (χ3n) is 3.68. The van der Waals surface area contributed by atoms with E-state index in [4.69, 9.17) is 21.1 Å². The number of benzene rings is 2. The molecule has 7 nitrogen and oxygen atoms in total. The molecule has 0 fully saturated rings. The first-order valence-electron chi connectivity index (χ1n) is 8.07. The molecular weight excluding hydrogens is 356 g/mol. The molecule has 3 rings (SSSR count). The first kappa shape index (κ1) is 18.3. The number of ether oxygens (including phenoxy) is 2. The predicted octanol–water partition coefficient (Wildman–Crippen LogP) is 2.58. The summed E-state index contributed by atoms with van der Waals surface area (Å²) in [6.07, 6.45) is -0.759. The van der Waals surface area contributed by atoms with Gasteiger partial charge in [-0.25, -0.2) is 0 Å². The maximum atomic E-state index is 10.1. The quantitative estimate of drug-likeness (QED) is 0.652. The highest BCUT2D eigenvalue weighted by Gasteiger charge is 2.11. The summed E-state index contributed by atoms with van der Waals surface area (Å²) in [4.78, 5) is 1.35. The van der Waals surface area contributed by atoms with Crippen LogP contribution < -0.4 is 4.74 Å². The molecule has 8 heteroatoms. The predicted molar refractivity (Wildman–Crippen MR) is 96.9 cm³/mol. The fourth-order valence-corrected chi connectivity index (χ4v) is 2.55. The number of hydrogen-bond acceptors (Lipinski definition) is 6. The lowest BCUT2D eigenvalue weighted by atomic mass is 10.2. The van der Waals surface area contributed by atoms with Gasteiger partial charge >= 0.3 is 0 Å². The van der Waals surface area contributed by atoms with Gasteiger partial charge in [0, 0.05) is 10.6 Å². The third kappa shape index (κ3) is 4.78. The molecule has 0 aliphatic heterocycles. The van der Waals surface area contributed by atoms with Crippen molar-refractivity contribution in [2.45, 2.75) is 19.3 Å². The Bertz CT molecular complexity index is 856. The van der Waals surface area contributed by atoms with Crippen molar-refractivity contribution in [1.82, 2.24) is 20.2 Å². The zero-order valence-corrected chi connectivity index (χ0v) is 15.0. The highest BCUT2D eigenvalue weighted by molar-refractivity contribution is 6.31. The minimum absolute atomic E-state index is 0.140. The fourth-order valence-electron chi connectivity index (χ4n) is 2.36. The summed E-state index contributed by atoms with van der Waals surface area (Å²) in [5.74, 6) is 1.18. The van der Waals surface area contributed by atoms with E-state index >= 15 is 0 Å². The second kappa shape index (κ2) is 8.75. The first-order valence-corrected chi connectivity index (χ1v) is 8.45. The lowest BCUT2D eigenvalue weighted by Gasteiger charge is -2.11. The van der Waals surface area contributed by atoms with Gasteiger partial charge in [0.05, 0.1) is 33.0 Å². The molecule has 0 bridgehead atoms. The van der Waals surface area contributed by atoms with E-state index in [0.717, 1.165) is 11.1 Å². The van der Waals surface area contributed by atoms with Crippen molar-refractivity contribution in [3.63, 3.8) is 0 Å². The van der Waals surface area contributed by atoms with Gasteiger partial charge in [-0.3, -0.25) is 0 Å². The van der Waals surface area contributed by atoms with Crippen molar-refractivity contribution in [3.05, 3.63) is 59.1 Å². The molecule has 3 aromatic rings. The largest absolute Gasteiger partial charge is 0.497 e. The van der Waals surface area contributed by atoms with Crippen molar-refractivity contribution in [3.8, 4) is 17.1 Å². The van der Waals surface area contributed by atoms with Crippen LogP contribution in [0.4, 0.5) is 0 Å². The van der Waals surface area contributed by atoms with Crippen LogP contribution in [0.1, 0.15) is 5.56 Å². The molecule has 1 N–H and O–H groups in total. The molecule has 136 valence electrons. The SMILES string of the molecule is COc1cccc(-c2nnn(C[C@H](O)COCc3ccccc3Cl)n2)c1. The molecule has 1 atom stereocenters. The minimum Gasteiger partial charge on any atom is -0.497 e. The van der Waals surface area contributed by atoms with Crippen LogP contribution in [0.2, 0.25) is 5.02 Å². The summed E-state index contributed by atoms with van der Waals surface area (Å²) < 4.78 is 10.7. The number of methoxy groups -OCH3 is 1. The molecule has 26 heavy (non-hydrogen) atoms. The molecule has 0 saturated heterocycles. The Morgan fingerprint density at radius 2 is 2.04 bits per heavy atom. The average Bonchev–Trinajstić information content (AvgIpc) is 3.12. The van der Waals surface area contributed by atoms with Crippen LogP contribution in [0.3, 0.4) is 0 Å². The normalized spacial score (nSPS) is 12.1. The van der Waals surface area contributed by atoms with Crippen molar-refractivity contribution in [1.29, 1.82) is 0 Å². The Morgan fingerprint density at radius 1 is 1.19 bits per heavy atom. The molecule has 0 unspecified atom stereocenters. The zero-order valence-electron chi connectivity index (χ0n) is 14.2. The number of aromatic nitrogens is 4. The smallest absolute Gasteiger partial charge is 0.205 e. The maximum absolute atomic E-state index is 10.1. The van der Waals surface area contributed by atoms with Crippen molar-refractivity contribution >= 4 is 11.6 Å². The molecule has 0 radical (unpaired) electrons. The molecule has 0 aliphatic rings. The standard InChI is InChI=1S/C18H19ClN4O3/c1-25-16-7-4-6-13(9-16)18-20-22-23(21-18)10-15(24)12-26-11-14-5-2-3-8-17(14)19/h2-9,15,24H,10-12H2,1H3/t15-/m0/s1. The molecular formula is C18H19ClN4O3. The van der Waals surface area contributed by atoms with E-state index in [2.05, 4.69) is 15.4 Å². The van der Waals surface area contributed by atoms with E-state index in [-0.39, 0.29) is 13.2 Å². The second-order valence-electron chi connectivity index (χ2n) is 5.66. The van der Waals surface area contributed by atoms with Crippen LogP contribution in [0, 0.1) is 0 Å². The number of tetrazole rings is 1. The van der Waals surface area contributed by atoms with E-state index < -0.39 is 6.10 Å². The van der Waals surface area contributed by atoms with E-state index in [1.165, 1.54) is 4.80 Å². The monoisotopic (exact) mass is 374 g/mol. The number of hydrogen-bond donors (Lipinski definition) is 1. The fraction of sp³-hybridized carbons (Fsp3) is 0.278. The van der Waals surface area contributed by atoms with Gasteiger partial charge in [0.1, 0.15) is 5.75 Å². The van der Waals surface area contributed by atoms with Crippen LogP contribution in [-0.4, -0.2) is 45.1 Å². The minimum atomic E-state index is -0.759. The van der Waals surface area contributed by atoms with Gasteiger partial charge in [-0.15, -0.1) is 10.2 Å². The summed E-state index contributed by atoms with van der Waals surface area (Å²) in [5.41, 5.74) is 1.67. The van der Waals surface area contributed by atoms with E-state index in [1.807, 2.05) is 42.5 Å². The summed E-state index contributed by atoms with van der Waals surface area (Å²) in [7, 11) is 1.60. The number of halogens is 1. The number of aliphatic hydroxyl groups excluding tert-OH is 1. The topological polar surface area (TPSA) is 82.3 Å². The van der Waals surface area contributed by atoms with Gasteiger partial charge in [0.2, 0.25) is 5.82 Å². The van der Waals surface area contributed by atoms with Crippen molar-refractivity contribution in [2.24, 2.45) is 0 Å². The molecule has 0 spiro atoms. The van der Waals surface area contributed by atoms with Gasteiger partial charge < -0.3 is 14.6 Å². The van der Waals surface area contributed by atoms with Crippen LogP contribution in [0.5, 0.6) is 5.75 Å². The first-order chi connectivity index (χ1) is 12.7. The van der Waals surface area contributed by atoms with E-state index in [9.17, 15) is 5.11 Å². The number of nitrogens with zero attached hydrogens (tertiary/aromatic N) is 4. The molecule has 0 saturated carbocycles. The number of aliphatic hydroxyl groups is 1. The Kier molecular flexibility index (Phi) is 6.17. The third-order valence-corrected chi connectivity index (χ3v) is 4.05. The number of rotatable bonds is 8. The lowest BCUT2D eigenvalue weighted by molar-refractivity contribution is 0.0165. The molecule has 2 aromatic carbocycles. The summed E-state index contributed by atoms with van der Waals surface area (Å²) in [6, 6.07) is 14.8. The van der Waals surface area contributed by atoms with Crippen molar-refractivity contribution in [2.75, 3.05) is 13.7 Å². The Morgan fingerprint density at radius 3 is 2.85 bits per heavy atom. The molecule has 1 aromatic heterocycles. The Labute approximate surface area is 156 Å². The summed E-state index contributed by atoms with van der Waals surface area (Å²) >= 11 is 6.07. The van der Waals surface area contributed by atoms with Crippen LogP contribution >= 0.6 is 11.6 Å². The summed E-state index contributed by atoms with van der Waals surface area (Å²) in [6.45, 7) is 0.650. The zero-order chi connectivity index (χ0) is 18.4. The van der Waals surface area contributed by atoms with Crippen molar-refractivity contribution < 1.29 is 14.6 Å². The summed E-state index contributed by atoms with van der Waals surface area (Å²) in [5, 5.41) is 23.0. The van der Waals surface area contributed by atoms with E-state index in [0.29, 0.717) is 23.2 Å². The lowest BCUT2D eigenvalue weighted by Crippen LogP contribution is -2.23. The van der Waals surface area contributed by atoms with Crippen LogP contribution in [0.15, 0.2) is 48.5 Å². The van der Waals surface area contributed by atoms with Gasteiger partial charge in [-0.2, -0.15) is 4.80 Å². The van der Waals surface area contributed by atoms with Gasteiger partial charge in [0.15, 0.2) is 0 Å². The van der Waals surface area contributed by atoms with Gasteiger partial charge in [-0.1, -0.05) is 41.9 Å². The molecule has 1 heterocycles. The van der Waals surface area contributed by atoms with Gasteiger partial charge in [0.25, 0.3) is 0 Å². The highest BCUT2D eigenvalue weighted by atomic mass is 35.5.